The molecule has 6 nitrogen and oxygen atoms in total. The van der Waals surface area contributed by atoms with Crippen LogP contribution < -0.4 is 9.04 Å². The Morgan fingerprint density at radius 3 is 2.51 bits per heavy atom. The highest BCUT2D eigenvalue weighted by Gasteiger charge is 2.38. The molecule has 1 heterocycles. The van der Waals surface area contributed by atoms with Crippen LogP contribution in [0.15, 0.2) is 59.5 Å². The Bertz CT molecular complexity index is 1530. The van der Waals surface area contributed by atoms with Gasteiger partial charge < -0.3 is 9.84 Å². The van der Waals surface area contributed by atoms with Crippen molar-refractivity contribution in [1.29, 1.82) is 0 Å². The van der Waals surface area contributed by atoms with Crippen molar-refractivity contribution >= 4 is 33.3 Å². The topological polar surface area (TPSA) is 83.9 Å². The van der Waals surface area contributed by atoms with Gasteiger partial charge in [-0.05, 0) is 54.8 Å². The highest BCUT2D eigenvalue weighted by Crippen LogP contribution is 2.43. The van der Waals surface area contributed by atoms with Gasteiger partial charge in [-0.2, -0.15) is 13.2 Å². The number of benzene rings is 3. The summed E-state index contributed by atoms with van der Waals surface area (Å²) in [5.74, 6) is -3.99. The minimum Gasteiger partial charge on any atom is -0.486 e. The molecule has 0 bridgehead atoms. The first-order chi connectivity index (χ1) is 18.2. The summed E-state index contributed by atoms with van der Waals surface area (Å²) in [7, 11) is -4.65. The number of anilines is 1. The van der Waals surface area contributed by atoms with E-state index in [1.807, 2.05) is 0 Å². The van der Waals surface area contributed by atoms with E-state index in [2.05, 4.69) is 0 Å². The highest BCUT2D eigenvalue weighted by atomic mass is 35.5. The first-order valence-electron chi connectivity index (χ1n) is 11.6. The number of aliphatic carboxylic acids is 1. The van der Waals surface area contributed by atoms with Crippen molar-refractivity contribution in [3.63, 3.8) is 0 Å². The SMILES string of the molecule is CCC(C[C@H]1CN(S(=O)(=O)c2cccc(C(F)(F)F)c2)c2cc(-c3cc(F)cc(F)c3Cl)ccc2O1)C(=O)O. The standard InChI is InChI=1S/C26H21ClF5NO5S/c1-2-14(25(34)35)8-18-13-33(39(36,37)19-5-3-4-16(10-19)26(30,31)32)22-9-15(6-7-23(22)38-18)20-11-17(28)12-21(29)24(20)27/h3-7,9-12,14,18H,2,8,13H2,1H3,(H,34,35)/t14?,18-/m0/s1. The first kappa shape index (κ1) is 28.6. The molecule has 0 amide bonds. The Morgan fingerprint density at radius 1 is 1.15 bits per heavy atom. The molecule has 2 atom stereocenters. The van der Waals surface area contributed by atoms with Crippen LogP contribution in [0.25, 0.3) is 11.1 Å². The highest BCUT2D eigenvalue weighted by molar-refractivity contribution is 7.92. The molecule has 0 fully saturated rings. The van der Waals surface area contributed by atoms with Crippen molar-refractivity contribution in [3.05, 3.63) is 76.8 Å². The molecule has 0 radical (unpaired) electrons. The predicted octanol–water partition coefficient (Wildman–Crippen LogP) is 6.76. The van der Waals surface area contributed by atoms with Gasteiger partial charge in [-0.1, -0.05) is 30.7 Å². The summed E-state index contributed by atoms with van der Waals surface area (Å²) >= 11 is 6.02. The van der Waals surface area contributed by atoms with Crippen LogP contribution in [-0.2, 0) is 21.0 Å². The van der Waals surface area contributed by atoms with E-state index < -0.39 is 67.9 Å². The third kappa shape index (κ3) is 5.81. The average molecular weight is 590 g/mol. The number of fused-ring (bicyclic) bond motifs is 1. The van der Waals surface area contributed by atoms with Gasteiger partial charge in [-0.3, -0.25) is 9.10 Å². The fourth-order valence-corrected chi connectivity index (χ4v) is 6.08. The number of nitrogens with zero attached hydrogens (tertiary/aromatic N) is 1. The Hall–Kier alpha value is -3.38. The van der Waals surface area contributed by atoms with Gasteiger partial charge in [0.2, 0.25) is 0 Å². The van der Waals surface area contributed by atoms with Gasteiger partial charge in [0.15, 0.2) is 0 Å². The Kier molecular flexibility index (Phi) is 7.82. The molecule has 3 aromatic rings. The number of carboxylic acid groups (broad SMARTS) is 1. The van der Waals surface area contributed by atoms with Gasteiger partial charge in [0, 0.05) is 11.6 Å². The summed E-state index contributed by atoms with van der Waals surface area (Å²) in [5, 5.41) is 9.05. The molecule has 0 aliphatic carbocycles. The molecule has 0 saturated carbocycles. The second kappa shape index (κ2) is 10.6. The minimum absolute atomic E-state index is 0.0150. The summed E-state index contributed by atoms with van der Waals surface area (Å²) in [5.41, 5.74) is -1.28. The fraction of sp³-hybridized carbons (Fsp3) is 0.269. The summed E-state index contributed by atoms with van der Waals surface area (Å²) in [6.07, 6.45) is -5.62. The molecule has 208 valence electrons. The van der Waals surface area contributed by atoms with Crippen LogP contribution in [0.3, 0.4) is 0 Å². The van der Waals surface area contributed by atoms with Gasteiger partial charge in [0.1, 0.15) is 23.5 Å². The maximum atomic E-state index is 14.1. The summed E-state index contributed by atoms with van der Waals surface area (Å²) < 4.78 is 102. The number of hydrogen-bond acceptors (Lipinski definition) is 4. The van der Waals surface area contributed by atoms with Gasteiger partial charge >= 0.3 is 12.1 Å². The second-order valence-corrected chi connectivity index (χ2v) is 11.2. The quantitative estimate of drug-likeness (QED) is 0.243. The lowest BCUT2D eigenvalue weighted by Gasteiger charge is -2.36. The molecule has 3 aromatic carbocycles. The van der Waals surface area contributed by atoms with E-state index in [9.17, 15) is 40.3 Å². The van der Waals surface area contributed by atoms with Crippen LogP contribution in [0.5, 0.6) is 5.75 Å². The molecule has 1 aliphatic heterocycles. The van der Waals surface area contributed by atoms with Gasteiger partial charge in [0.05, 0.1) is 33.6 Å². The fourth-order valence-electron chi connectivity index (χ4n) is 4.32. The molecule has 1 N–H and O–H groups in total. The summed E-state index contributed by atoms with van der Waals surface area (Å²) in [6, 6.07) is 8.66. The normalized spacial score (nSPS) is 16.4. The van der Waals surface area contributed by atoms with Crippen molar-refractivity contribution < 1.29 is 45.0 Å². The average Bonchev–Trinajstić information content (AvgIpc) is 2.88. The molecular weight excluding hydrogens is 569 g/mol. The number of ether oxygens (including phenoxy) is 1. The number of halogens is 6. The van der Waals surface area contributed by atoms with Crippen molar-refractivity contribution in [2.45, 2.75) is 36.9 Å². The maximum absolute atomic E-state index is 14.1. The molecule has 39 heavy (non-hydrogen) atoms. The van der Waals surface area contributed by atoms with Crippen molar-refractivity contribution in [2.24, 2.45) is 5.92 Å². The zero-order valence-electron chi connectivity index (χ0n) is 20.2. The van der Waals surface area contributed by atoms with Crippen molar-refractivity contribution in [3.8, 4) is 16.9 Å². The number of hydrogen-bond donors (Lipinski definition) is 1. The van der Waals surface area contributed by atoms with E-state index in [0.29, 0.717) is 12.1 Å². The van der Waals surface area contributed by atoms with E-state index >= 15 is 0 Å². The molecular formula is C26H21ClF5NO5S. The van der Waals surface area contributed by atoms with Crippen LogP contribution in [0.1, 0.15) is 25.3 Å². The van der Waals surface area contributed by atoms with E-state index in [4.69, 9.17) is 16.3 Å². The van der Waals surface area contributed by atoms with E-state index in [1.165, 1.54) is 18.2 Å². The Morgan fingerprint density at radius 2 is 1.87 bits per heavy atom. The Balaban J connectivity index is 1.86. The largest absolute Gasteiger partial charge is 0.486 e. The molecule has 4 rings (SSSR count). The van der Waals surface area contributed by atoms with Crippen molar-refractivity contribution in [1.82, 2.24) is 0 Å². The lowest BCUT2D eigenvalue weighted by Crippen LogP contribution is -2.44. The smallest absolute Gasteiger partial charge is 0.416 e. The summed E-state index contributed by atoms with van der Waals surface area (Å²) in [4.78, 5) is 10.9. The lowest BCUT2D eigenvalue weighted by molar-refractivity contribution is -0.142. The zero-order valence-corrected chi connectivity index (χ0v) is 21.7. The maximum Gasteiger partial charge on any atom is 0.416 e. The Labute approximate surface area is 225 Å². The molecule has 1 unspecified atom stereocenters. The van der Waals surface area contributed by atoms with Crippen molar-refractivity contribution in [2.75, 3.05) is 10.8 Å². The van der Waals surface area contributed by atoms with E-state index in [-0.39, 0.29) is 35.4 Å². The van der Waals surface area contributed by atoms with Gasteiger partial charge in [-0.25, -0.2) is 17.2 Å². The lowest BCUT2D eigenvalue weighted by atomic mass is 9.97. The number of alkyl halides is 3. The van der Waals surface area contributed by atoms with Gasteiger partial charge in [0.25, 0.3) is 10.0 Å². The van der Waals surface area contributed by atoms with Crippen LogP contribution in [0.2, 0.25) is 5.02 Å². The van der Waals surface area contributed by atoms with Crippen LogP contribution in [-0.4, -0.2) is 32.1 Å². The molecule has 13 heteroatoms. The molecule has 0 spiro atoms. The van der Waals surface area contributed by atoms with Crippen LogP contribution in [0, 0.1) is 17.6 Å². The molecule has 0 saturated heterocycles. The van der Waals surface area contributed by atoms with Crippen LogP contribution >= 0.6 is 11.6 Å². The summed E-state index contributed by atoms with van der Waals surface area (Å²) in [6.45, 7) is 1.21. The second-order valence-electron chi connectivity index (χ2n) is 8.91. The number of carboxylic acids is 1. The van der Waals surface area contributed by atoms with E-state index in [1.54, 1.807) is 6.92 Å². The molecule has 0 aromatic heterocycles. The third-order valence-electron chi connectivity index (χ3n) is 6.33. The monoisotopic (exact) mass is 589 g/mol. The number of carbonyl (C=O) groups is 1. The van der Waals surface area contributed by atoms with Crippen LogP contribution in [0.4, 0.5) is 27.6 Å². The predicted molar refractivity (Wildman–Crippen MR) is 133 cm³/mol. The van der Waals surface area contributed by atoms with E-state index in [0.717, 1.165) is 28.6 Å². The minimum atomic E-state index is -4.81. The zero-order chi connectivity index (χ0) is 28.7. The number of sulfonamides is 1. The van der Waals surface area contributed by atoms with Gasteiger partial charge in [-0.15, -0.1) is 0 Å². The first-order valence-corrected chi connectivity index (χ1v) is 13.4. The third-order valence-corrected chi connectivity index (χ3v) is 8.49. The number of rotatable bonds is 7. The molecule has 1 aliphatic rings.